The highest BCUT2D eigenvalue weighted by Crippen LogP contribution is 2.34. The SMILES string of the molecule is COc1ccc(OCCN2C(=O)C(c3ccccc3)=C(N3CCc4ccccc4C3)C2=O)cc1. The monoisotopic (exact) mass is 454 g/mol. The summed E-state index contributed by atoms with van der Waals surface area (Å²) in [4.78, 5) is 30.4. The van der Waals surface area contributed by atoms with Gasteiger partial charge in [-0.25, -0.2) is 0 Å². The minimum atomic E-state index is -0.275. The lowest BCUT2D eigenvalue weighted by Crippen LogP contribution is -2.39. The molecule has 0 saturated heterocycles. The van der Waals surface area contributed by atoms with E-state index < -0.39 is 0 Å². The number of benzene rings is 3. The van der Waals surface area contributed by atoms with Crippen LogP contribution in [0.15, 0.2) is 84.6 Å². The minimum absolute atomic E-state index is 0.175. The van der Waals surface area contributed by atoms with Crippen LogP contribution >= 0.6 is 0 Å². The second-order valence-corrected chi connectivity index (χ2v) is 8.32. The van der Waals surface area contributed by atoms with Crippen molar-refractivity contribution in [2.75, 3.05) is 26.8 Å². The molecule has 0 atom stereocenters. The molecular formula is C28H26N2O4. The van der Waals surface area contributed by atoms with E-state index in [2.05, 4.69) is 17.0 Å². The first-order valence-electron chi connectivity index (χ1n) is 11.4. The Morgan fingerprint density at radius 1 is 0.794 bits per heavy atom. The maximum Gasteiger partial charge on any atom is 0.278 e. The van der Waals surface area contributed by atoms with E-state index in [4.69, 9.17) is 9.47 Å². The van der Waals surface area contributed by atoms with Crippen LogP contribution in [0, 0.1) is 0 Å². The van der Waals surface area contributed by atoms with Gasteiger partial charge in [-0.05, 0) is 47.4 Å². The van der Waals surface area contributed by atoms with Crippen molar-refractivity contribution in [3.63, 3.8) is 0 Å². The molecule has 3 aromatic rings. The van der Waals surface area contributed by atoms with E-state index in [-0.39, 0.29) is 25.0 Å². The van der Waals surface area contributed by atoms with Crippen molar-refractivity contribution in [2.24, 2.45) is 0 Å². The van der Waals surface area contributed by atoms with Crippen LogP contribution in [0.2, 0.25) is 0 Å². The van der Waals surface area contributed by atoms with Crippen molar-refractivity contribution >= 4 is 17.4 Å². The molecule has 34 heavy (non-hydrogen) atoms. The van der Waals surface area contributed by atoms with Crippen molar-refractivity contribution in [3.8, 4) is 11.5 Å². The molecule has 0 saturated carbocycles. The van der Waals surface area contributed by atoms with Crippen LogP contribution in [0.25, 0.3) is 5.57 Å². The molecule has 6 nitrogen and oxygen atoms in total. The quantitative estimate of drug-likeness (QED) is 0.507. The number of methoxy groups -OCH3 is 1. The lowest BCUT2D eigenvalue weighted by atomic mass is 9.98. The van der Waals surface area contributed by atoms with Gasteiger partial charge in [0.25, 0.3) is 11.8 Å². The van der Waals surface area contributed by atoms with E-state index in [1.165, 1.54) is 16.0 Å². The van der Waals surface area contributed by atoms with Crippen molar-refractivity contribution in [1.82, 2.24) is 9.80 Å². The third kappa shape index (κ3) is 4.15. The van der Waals surface area contributed by atoms with Gasteiger partial charge >= 0.3 is 0 Å². The van der Waals surface area contributed by atoms with Gasteiger partial charge in [-0.15, -0.1) is 0 Å². The Hall–Kier alpha value is -4.06. The number of amides is 2. The fourth-order valence-corrected chi connectivity index (χ4v) is 4.54. The number of hydrogen-bond donors (Lipinski definition) is 0. The number of imide groups is 1. The van der Waals surface area contributed by atoms with E-state index in [0.29, 0.717) is 30.1 Å². The molecule has 0 unspecified atom stereocenters. The summed E-state index contributed by atoms with van der Waals surface area (Å²) in [6, 6.07) is 24.9. The Bertz CT molecular complexity index is 1230. The molecule has 0 aliphatic carbocycles. The van der Waals surface area contributed by atoms with Gasteiger partial charge in [0.1, 0.15) is 23.8 Å². The second-order valence-electron chi connectivity index (χ2n) is 8.32. The highest BCUT2D eigenvalue weighted by Gasteiger charge is 2.42. The topological polar surface area (TPSA) is 59.1 Å². The van der Waals surface area contributed by atoms with Crippen molar-refractivity contribution < 1.29 is 19.1 Å². The lowest BCUT2D eigenvalue weighted by Gasteiger charge is -2.31. The zero-order valence-corrected chi connectivity index (χ0v) is 19.1. The number of ether oxygens (including phenoxy) is 2. The molecule has 2 heterocycles. The third-order valence-corrected chi connectivity index (χ3v) is 6.30. The Kier molecular flexibility index (Phi) is 6.04. The van der Waals surface area contributed by atoms with Crippen LogP contribution < -0.4 is 9.47 Å². The summed E-state index contributed by atoms with van der Waals surface area (Å²) in [6.45, 7) is 1.69. The van der Waals surface area contributed by atoms with Gasteiger partial charge in [-0.2, -0.15) is 0 Å². The Labute approximate surface area is 199 Å². The lowest BCUT2D eigenvalue weighted by molar-refractivity contribution is -0.138. The third-order valence-electron chi connectivity index (χ3n) is 6.30. The van der Waals surface area contributed by atoms with Gasteiger partial charge in [-0.1, -0.05) is 54.6 Å². The average Bonchev–Trinajstić information content (AvgIpc) is 3.14. The van der Waals surface area contributed by atoms with Crippen LogP contribution in [0.5, 0.6) is 11.5 Å². The van der Waals surface area contributed by atoms with E-state index in [0.717, 1.165) is 17.7 Å². The maximum absolute atomic E-state index is 13.6. The Morgan fingerprint density at radius 3 is 2.21 bits per heavy atom. The summed E-state index contributed by atoms with van der Waals surface area (Å²) < 4.78 is 11.0. The van der Waals surface area contributed by atoms with Crippen LogP contribution in [0.1, 0.15) is 16.7 Å². The maximum atomic E-state index is 13.6. The number of carbonyl (C=O) groups excluding carboxylic acids is 2. The van der Waals surface area contributed by atoms with Gasteiger partial charge in [0, 0.05) is 13.1 Å². The highest BCUT2D eigenvalue weighted by atomic mass is 16.5. The van der Waals surface area contributed by atoms with E-state index in [9.17, 15) is 9.59 Å². The fourth-order valence-electron chi connectivity index (χ4n) is 4.54. The van der Waals surface area contributed by atoms with E-state index >= 15 is 0 Å². The van der Waals surface area contributed by atoms with E-state index in [1.807, 2.05) is 54.6 Å². The van der Waals surface area contributed by atoms with Crippen LogP contribution in [-0.2, 0) is 22.6 Å². The molecule has 0 radical (unpaired) electrons. The first-order chi connectivity index (χ1) is 16.7. The van der Waals surface area contributed by atoms with Crippen LogP contribution in [-0.4, -0.2) is 48.4 Å². The fraction of sp³-hybridized carbons (Fsp3) is 0.214. The molecule has 2 amide bonds. The van der Waals surface area contributed by atoms with Gasteiger partial charge in [0.2, 0.25) is 0 Å². The molecule has 5 rings (SSSR count). The summed E-state index contributed by atoms with van der Waals surface area (Å²) in [5.74, 6) is 0.857. The second kappa shape index (κ2) is 9.43. The zero-order chi connectivity index (χ0) is 23.5. The molecule has 2 aliphatic heterocycles. The molecule has 172 valence electrons. The number of nitrogens with zero attached hydrogens (tertiary/aromatic N) is 2. The van der Waals surface area contributed by atoms with Crippen LogP contribution in [0.3, 0.4) is 0 Å². The predicted octanol–water partition coefficient (Wildman–Crippen LogP) is 3.91. The summed E-state index contributed by atoms with van der Waals surface area (Å²) in [7, 11) is 1.61. The zero-order valence-electron chi connectivity index (χ0n) is 19.1. The van der Waals surface area contributed by atoms with Gasteiger partial charge in [0.15, 0.2) is 0 Å². The summed E-state index contributed by atoms with van der Waals surface area (Å²) in [5.41, 5.74) is 4.19. The molecule has 3 aromatic carbocycles. The molecule has 0 bridgehead atoms. The molecule has 0 N–H and O–H groups in total. The highest BCUT2D eigenvalue weighted by molar-refractivity contribution is 6.35. The van der Waals surface area contributed by atoms with Crippen LogP contribution in [0.4, 0.5) is 0 Å². The summed E-state index contributed by atoms with van der Waals surface area (Å²) in [5, 5.41) is 0. The Morgan fingerprint density at radius 2 is 1.47 bits per heavy atom. The van der Waals surface area contributed by atoms with Gasteiger partial charge in [0.05, 0.1) is 19.2 Å². The summed E-state index contributed by atoms with van der Waals surface area (Å²) >= 11 is 0. The molecule has 0 fully saturated rings. The number of carbonyl (C=O) groups is 2. The molecule has 2 aliphatic rings. The first kappa shape index (κ1) is 21.8. The standard InChI is InChI=1S/C28H26N2O4/c1-33-23-11-13-24(14-12-23)34-18-17-30-27(31)25(21-8-3-2-4-9-21)26(28(30)32)29-16-15-20-7-5-6-10-22(20)19-29/h2-14H,15-19H2,1H3. The van der Waals surface area contributed by atoms with Gasteiger partial charge in [-0.3, -0.25) is 14.5 Å². The van der Waals surface area contributed by atoms with Crippen molar-refractivity contribution in [1.29, 1.82) is 0 Å². The number of fused-ring (bicyclic) bond motifs is 1. The minimum Gasteiger partial charge on any atom is -0.497 e. The largest absolute Gasteiger partial charge is 0.497 e. The average molecular weight is 455 g/mol. The van der Waals surface area contributed by atoms with Crippen molar-refractivity contribution in [2.45, 2.75) is 13.0 Å². The Balaban J connectivity index is 1.38. The van der Waals surface area contributed by atoms with Gasteiger partial charge < -0.3 is 14.4 Å². The molecular weight excluding hydrogens is 428 g/mol. The number of rotatable bonds is 7. The smallest absolute Gasteiger partial charge is 0.278 e. The van der Waals surface area contributed by atoms with Crippen molar-refractivity contribution in [3.05, 3.63) is 101 Å². The molecule has 6 heteroatoms. The first-order valence-corrected chi connectivity index (χ1v) is 11.4. The summed E-state index contributed by atoms with van der Waals surface area (Å²) in [6.07, 6.45) is 0.837. The number of hydrogen-bond acceptors (Lipinski definition) is 5. The molecule has 0 aromatic heterocycles. The predicted molar refractivity (Wildman–Crippen MR) is 129 cm³/mol. The molecule has 0 spiro atoms. The normalized spacial score (nSPS) is 15.6. The van der Waals surface area contributed by atoms with E-state index in [1.54, 1.807) is 19.2 Å².